The van der Waals surface area contributed by atoms with E-state index in [1.807, 2.05) is 13.8 Å². The lowest BCUT2D eigenvalue weighted by molar-refractivity contribution is -0.164. The van der Waals surface area contributed by atoms with Crippen molar-refractivity contribution in [2.24, 2.45) is 4.99 Å². The Kier molecular flexibility index (Phi) is 6.60. The molecule has 0 aromatic carbocycles. The zero-order valence-electron chi connectivity index (χ0n) is 12.4. The van der Waals surface area contributed by atoms with Crippen LogP contribution in [0.15, 0.2) is 4.99 Å². The lowest BCUT2D eigenvalue weighted by atomic mass is 10.2. The molecular weight excluding hydrogens is 260 g/mol. The zero-order valence-corrected chi connectivity index (χ0v) is 12.4. The van der Waals surface area contributed by atoms with Crippen molar-refractivity contribution in [3.8, 4) is 0 Å². The van der Waals surface area contributed by atoms with Crippen molar-refractivity contribution in [3.63, 3.8) is 0 Å². The van der Waals surface area contributed by atoms with Gasteiger partial charge in [-0.05, 0) is 26.6 Å². The summed E-state index contributed by atoms with van der Waals surface area (Å²) >= 11 is 0. The van der Waals surface area contributed by atoms with Gasteiger partial charge in [-0.3, -0.25) is 19.5 Å². The normalized spacial score (nSPS) is 28.2. The van der Waals surface area contributed by atoms with Crippen LogP contribution in [0.2, 0.25) is 0 Å². The highest BCUT2D eigenvalue weighted by molar-refractivity contribution is 5.89. The van der Waals surface area contributed by atoms with Crippen LogP contribution in [0.1, 0.15) is 26.7 Å². The summed E-state index contributed by atoms with van der Waals surface area (Å²) in [4.78, 5) is 29.2. The summed E-state index contributed by atoms with van der Waals surface area (Å²) in [6.07, 6.45) is 1.08. The van der Waals surface area contributed by atoms with E-state index in [-0.39, 0.29) is 37.4 Å². The first-order chi connectivity index (χ1) is 9.67. The smallest absolute Gasteiger partial charge is 0.251 e. The van der Waals surface area contributed by atoms with Gasteiger partial charge >= 0.3 is 0 Å². The zero-order chi connectivity index (χ0) is 15.1. The van der Waals surface area contributed by atoms with Crippen molar-refractivity contribution in [1.29, 1.82) is 0 Å². The Morgan fingerprint density at radius 1 is 1.50 bits per heavy atom. The number of nitrogens with one attached hydrogen (secondary N) is 2. The molecule has 3 unspecified atom stereocenters. The average molecular weight is 284 g/mol. The summed E-state index contributed by atoms with van der Waals surface area (Å²) in [7, 11) is 1.67. The quantitative estimate of drug-likeness (QED) is 0.696. The van der Waals surface area contributed by atoms with Crippen molar-refractivity contribution in [3.05, 3.63) is 0 Å². The van der Waals surface area contributed by atoms with E-state index < -0.39 is 6.04 Å². The minimum Gasteiger partial charge on any atom is -0.356 e. The number of likely N-dealkylation sites (N-methyl/N-ethyl adjacent to an activating group) is 1. The van der Waals surface area contributed by atoms with Gasteiger partial charge in [-0.1, -0.05) is 13.8 Å². The third-order valence-corrected chi connectivity index (χ3v) is 3.19. The number of ether oxygens (including phenoxy) is 1. The second kappa shape index (κ2) is 7.96. The molecule has 0 radical (unpaired) electrons. The summed E-state index contributed by atoms with van der Waals surface area (Å²) in [6.45, 7) is 7.89. The predicted octanol–water partition coefficient (Wildman–Crippen LogP) is -0.278. The van der Waals surface area contributed by atoms with Crippen molar-refractivity contribution >= 4 is 18.5 Å². The molecule has 2 heterocycles. The van der Waals surface area contributed by atoms with E-state index in [1.54, 1.807) is 11.9 Å². The van der Waals surface area contributed by atoms with Crippen LogP contribution in [-0.2, 0) is 14.3 Å². The minimum atomic E-state index is -0.621. The van der Waals surface area contributed by atoms with Gasteiger partial charge in [0.05, 0.1) is 13.2 Å². The molecule has 0 saturated carbocycles. The fourth-order valence-electron chi connectivity index (χ4n) is 2.36. The summed E-state index contributed by atoms with van der Waals surface area (Å²) in [5, 5.41) is 5.38. The molecule has 2 N–H and O–H groups in total. The standard InChI is InChI=1S/C11H18N4O3.C2H6/c1-12-5-9(16)14-7-6-18-10-4-3-8(13-2)15(10)11(7)17;1-2/h7-8,10,12H,2-6H2,1H3,(H,14,16);1-2H3. The molecule has 2 saturated heterocycles. The number of rotatable bonds is 4. The van der Waals surface area contributed by atoms with Crippen molar-refractivity contribution < 1.29 is 14.3 Å². The van der Waals surface area contributed by atoms with E-state index in [4.69, 9.17) is 4.74 Å². The van der Waals surface area contributed by atoms with Crippen LogP contribution >= 0.6 is 0 Å². The predicted molar refractivity (Wildman–Crippen MR) is 76.4 cm³/mol. The van der Waals surface area contributed by atoms with E-state index in [0.717, 1.165) is 12.8 Å². The van der Waals surface area contributed by atoms with E-state index in [0.29, 0.717) is 0 Å². The molecule has 20 heavy (non-hydrogen) atoms. The summed E-state index contributed by atoms with van der Waals surface area (Å²) in [5.41, 5.74) is 0. The third-order valence-electron chi connectivity index (χ3n) is 3.19. The molecule has 2 amide bonds. The first-order valence-corrected chi connectivity index (χ1v) is 7.01. The minimum absolute atomic E-state index is 0.134. The Morgan fingerprint density at radius 3 is 2.80 bits per heavy atom. The Bertz CT molecular complexity index is 362. The number of hydrogen-bond acceptors (Lipinski definition) is 5. The van der Waals surface area contributed by atoms with E-state index in [2.05, 4.69) is 22.3 Å². The van der Waals surface area contributed by atoms with Crippen LogP contribution < -0.4 is 10.6 Å². The molecule has 7 heteroatoms. The van der Waals surface area contributed by atoms with Gasteiger partial charge in [-0.25, -0.2) is 0 Å². The first kappa shape index (κ1) is 16.6. The summed E-state index contributed by atoms with van der Waals surface area (Å²) in [6, 6.07) is -0.621. The highest BCUT2D eigenvalue weighted by atomic mass is 16.5. The van der Waals surface area contributed by atoms with Gasteiger partial charge < -0.3 is 15.4 Å². The number of aliphatic imine (C=N–C) groups is 1. The van der Waals surface area contributed by atoms with E-state index in [1.165, 1.54) is 0 Å². The molecule has 2 aliphatic rings. The topological polar surface area (TPSA) is 83.0 Å². The molecule has 0 aromatic rings. The van der Waals surface area contributed by atoms with Crippen LogP contribution in [-0.4, -0.2) is 62.1 Å². The molecule has 3 atom stereocenters. The van der Waals surface area contributed by atoms with Gasteiger partial charge in [0, 0.05) is 0 Å². The van der Waals surface area contributed by atoms with Crippen molar-refractivity contribution in [1.82, 2.24) is 15.5 Å². The fourth-order valence-corrected chi connectivity index (χ4v) is 2.36. The molecule has 114 valence electrons. The molecule has 0 spiro atoms. The number of fused-ring (bicyclic) bond motifs is 1. The maximum absolute atomic E-state index is 12.2. The molecule has 2 fully saturated rings. The molecule has 7 nitrogen and oxygen atoms in total. The lowest BCUT2D eigenvalue weighted by Gasteiger charge is -2.36. The van der Waals surface area contributed by atoms with Crippen molar-refractivity contribution in [2.45, 2.75) is 45.1 Å². The molecule has 0 aromatic heterocycles. The average Bonchev–Trinajstić information content (AvgIpc) is 2.88. The van der Waals surface area contributed by atoms with Crippen LogP contribution in [0.3, 0.4) is 0 Å². The van der Waals surface area contributed by atoms with Gasteiger partial charge in [-0.15, -0.1) is 0 Å². The van der Waals surface area contributed by atoms with Crippen LogP contribution in [0.4, 0.5) is 0 Å². The Hall–Kier alpha value is -1.47. The second-order valence-electron chi connectivity index (χ2n) is 4.42. The molecule has 0 aliphatic carbocycles. The van der Waals surface area contributed by atoms with Crippen LogP contribution in [0.5, 0.6) is 0 Å². The molecule has 0 bridgehead atoms. The number of nitrogens with zero attached hydrogens (tertiary/aromatic N) is 2. The molecule has 2 rings (SSSR count). The van der Waals surface area contributed by atoms with Gasteiger partial charge in [-0.2, -0.15) is 0 Å². The van der Waals surface area contributed by atoms with Gasteiger partial charge in [0.1, 0.15) is 18.4 Å². The third kappa shape index (κ3) is 3.55. The van der Waals surface area contributed by atoms with Crippen LogP contribution in [0, 0.1) is 0 Å². The Morgan fingerprint density at radius 2 is 2.20 bits per heavy atom. The highest BCUT2D eigenvalue weighted by Gasteiger charge is 2.44. The van der Waals surface area contributed by atoms with Crippen LogP contribution in [0.25, 0.3) is 0 Å². The Labute approximate surface area is 119 Å². The van der Waals surface area contributed by atoms with Gasteiger partial charge in [0.15, 0.2) is 0 Å². The molecular formula is C13H24N4O3. The lowest BCUT2D eigenvalue weighted by Crippen LogP contribution is -2.59. The maximum atomic E-state index is 12.2. The van der Waals surface area contributed by atoms with E-state index >= 15 is 0 Å². The number of carbonyl (C=O) groups is 2. The second-order valence-corrected chi connectivity index (χ2v) is 4.42. The number of amides is 2. The number of carbonyl (C=O) groups excluding carboxylic acids is 2. The SMILES string of the molecule is C=NC1CCC2OCC(NC(=O)CNC)C(=O)N12.CC. The largest absolute Gasteiger partial charge is 0.356 e. The number of hydrogen-bond donors (Lipinski definition) is 2. The van der Waals surface area contributed by atoms with Gasteiger partial charge in [0.2, 0.25) is 5.91 Å². The Balaban J connectivity index is 0.000000956. The fraction of sp³-hybridized carbons (Fsp3) is 0.769. The van der Waals surface area contributed by atoms with Gasteiger partial charge in [0.25, 0.3) is 5.91 Å². The van der Waals surface area contributed by atoms with Crippen molar-refractivity contribution in [2.75, 3.05) is 20.2 Å². The summed E-state index contributed by atoms with van der Waals surface area (Å²) in [5.74, 6) is -0.356. The highest BCUT2D eigenvalue weighted by Crippen LogP contribution is 2.29. The molecule has 2 aliphatic heterocycles. The maximum Gasteiger partial charge on any atom is 0.251 e. The van der Waals surface area contributed by atoms with E-state index in [9.17, 15) is 9.59 Å². The summed E-state index contributed by atoms with van der Waals surface area (Å²) < 4.78 is 5.58. The first-order valence-electron chi connectivity index (χ1n) is 7.01. The monoisotopic (exact) mass is 284 g/mol.